The highest BCUT2D eigenvalue weighted by Crippen LogP contribution is 2.35. The van der Waals surface area contributed by atoms with Gasteiger partial charge in [0.05, 0.1) is 0 Å². The minimum atomic E-state index is -5.20. The average molecular weight is 565 g/mol. The van der Waals surface area contributed by atoms with Crippen LogP contribution in [-0.2, 0) is 19.3 Å². The number of unbranched alkanes of at least 4 members (excludes halogenated alkanes) is 3. The molecule has 1 saturated carbocycles. The van der Waals surface area contributed by atoms with Crippen molar-refractivity contribution in [3.8, 4) is 5.75 Å². The monoisotopic (exact) mass is 564 g/mol. The summed E-state index contributed by atoms with van der Waals surface area (Å²) in [5, 5.41) is 1.29. The maximum atomic E-state index is 15.3. The van der Waals surface area contributed by atoms with Crippen LogP contribution in [0.25, 0.3) is 10.8 Å². The maximum absolute atomic E-state index is 15.3. The Balaban J connectivity index is 1.31. The molecule has 0 amide bonds. The van der Waals surface area contributed by atoms with Gasteiger partial charge in [0.15, 0.2) is 11.6 Å². The third-order valence-electron chi connectivity index (χ3n) is 8.33. The third kappa shape index (κ3) is 8.40. The van der Waals surface area contributed by atoms with E-state index in [1.54, 1.807) is 12.1 Å². The molecule has 0 aromatic heterocycles. The Bertz CT molecular complexity index is 1240. The van der Waals surface area contributed by atoms with Crippen LogP contribution in [0.15, 0.2) is 42.5 Å². The standard InChI is InChI=1S/C33H38F6O/c1-2-3-4-5-6-22-7-9-23(10-8-22)11-12-24-14-18-28-27(19-24)17-16-26(31(28)36)15-13-25-20-29(34)32(30(35)21-25)40-33(37,38)39/h14,16-23H,2-13,15H2,1H3. The molecular formula is C33H38F6O. The van der Waals surface area contributed by atoms with Gasteiger partial charge < -0.3 is 4.74 Å². The molecular weight excluding hydrogens is 526 g/mol. The van der Waals surface area contributed by atoms with Crippen LogP contribution >= 0.6 is 0 Å². The van der Waals surface area contributed by atoms with E-state index in [0.29, 0.717) is 10.9 Å². The minimum Gasteiger partial charge on any atom is -0.399 e. The van der Waals surface area contributed by atoms with E-state index in [1.165, 1.54) is 63.4 Å². The molecule has 218 valence electrons. The highest BCUT2D eigenvalue weighted by atomic mass is 19.4. The molecule has 0 saturated heterocycles. The van der Waals surface area contributed by atoms with Crippen molar-refractivity contribution in [2.75, 3.05) is 0 Å². The second kappa shape index (κ2) is 13.8. The molecule has 1 nitrogen and oxygen atoms in total. The Hall–Kier alpha value is -2.70. The van der Waals surface area contributed by atoms with Crippen LogP contribution < -0.4 is 4.74 Å². The molecule has 1 aliphatic rings. The predicted molar refractivity (Wildman–Crippen MR) is 147 cm³/mol. The number of aryl methyl sites for hydroxylation is 3. The number of fused-ring (bicyclic) bond motifs is 1. The van der Waals surface area contributed by atoms with E-state index in [1.807, 2.05) is 18.2 Å². The normalized spacial score (nSPS) is 17.9. The van der Waals surface area contributed by atoms with Crippen LogP contribution in [0.4, 0.5) is 26.3 Å². The molecule has 0 atom stereocenters. The van der Waals surface area contributed by atoms with Gasteiger partial charge in [-0.25, -0.2) is 13.2 Å². The van der Waals surface area contributed by atoms with Crippen molar-refractivity contribution >= 4 is 10.8 Å². The molecule has 0 spiro atoms. The zero-order valence-electron chi connectivity index (χ0n) is 23.1. The SMILES string of the molecule is CCCCCCC1CCC(CCc2ccc3c(F)c(CCc4cc(F)c(OC(F)(F)F)c(F)c4)ccc3c2)CC1. The highest BCUT2D eigenvalue weighted by molar-refractivity contribution is 5.84. The van der Waals surface area contributed by atoms with Crippen molar-refractivity contribution in [2.45, 2.75) is 96.8 Å². The van der Waals surface area contributed by atoms with Crippen molar-refractivity contribution in [2.24, 2.45) is 11.8 Å². The maximum Gasteiger partial charge on any atom is 0.573 e. The zero-order chi connectivity index (χ0) is 28.7. The van der Waals surface area contributed by atoms with Gasteiger partial charge in [-0.1, -0.05) is 95.0 Å². The lowest BCUT2D eigenvalue weighted by Crippen LogP contribution is -2.19. The lowest BCUT2D eigenvalue weighted by Gasteiger charge is -2.28. The Morgan fingerprint density at radius 3 is 2.05 bits per heavy atom. The lowest BCUT2D eigenvalue weighted by atomic mass is 9.77. The van der Waals surface area contributed by atoms with Gasteiger partial charge in [-0.15, -0.1) is 13.2 Å². The van der Waals surface area contributed by atoms with Gasteiger partial charge in [-0.3, -0.25) is 0 Å². The summed E-state index contributed by atoms with van der Waals surface area (Å²) in [4.78, 5) is 0. The number of ether oxygens (including phenoxy) is 1. The van der Waals surface area contributed by atoms with Gasteiger partial charge in [0.1, 0.15) is 5.82 Å². The number of hydrogen-bond donors (Lipinski definition) is 0. The summed E-state index contributed by atoms with van der Waals surface area (Å²) in [7, 11) is 0. The highest BCUT2D eigenvalue weighted by Gasteiger charge is 2.34. The topological polar surface area (TPSA) is 9.23 Å². The first-order valence-electron chi connectivity index (χ1n) is 14.6. The second-order valence-electron chi connectivity index (χ2n) is 11.3. The quantitative estimate of drug-likeness (QED) is 0.157. The van der Waals surface area contributed by atoms with Crippen molar-refractivity contribution in [1.82, 2.24) is 0 Å². The first-order chi connectivity index (χ1) is 19.1. The summed E-state index contributed by atoms with van der Waals surface area (Å²) in [5.74, 6) is -3.13. The Labute approximate surface area is 232 Å². The van der Waals surface area contributed by atoms with Gasteiger partial charge in [-0.05, 0) is 71.7 Å². The van der Waals surface area contributed by atoms with Gasteiger partial charge in [-0.2, -0.15) is 0 Å². The first kappa shape index (κ1) is 30.3. The van der Waals surface area contributed by atoms with E-state index in [-0.39, 0.29) is 24.2 Å². The number of halogens is 6. The van der Waals surface area contributed by atoms with Crippen LogP contribution in [0.3, 0.4) is 0 Å². The van der Waals surface area contributed by atoms with Gasteiger partial charge in [0.25, 0.3) is 0 Å². The third-order valence-corrected chi connectivity index (χ3v) is 8.33. The molecule has 3 aromatic carbocycles. The number of alkyl halides is 3. The summed E-state index contributed by atoms with van der Waals surface area (Å²) in [6, 6.07) is 10.9. The minimum absolute atomic E-state index is 0.0572. The molecule has 1 aliphatic carbocycles. The number of rotatable bonds is 12. The van der Waals surface area contributed by atoms with Crippen LogP contribution in [0.2, 0.25) is 0 Å². The van der Waals surface area contributed by atoms with Gasteiger partial charge in [0, 0.05) is 5.39 Å². The second-order valence-corrected chi connectivity index (χ2v) is 11.3. The summed E-state index contributed by atoms with van der Waals surface area (Å²) in [6.45, 7) is 2.25. The zero-order valence-corrected chi connectivity index (χ0v) is 23.1. The van der Waals surface area contributed by atoms with Gasteiger partial charge in [0.2, 0.25) is 5.75 Å². The van der Waals surface area contributed by atoms with E-state index in [9.17, 15) is 22.0 Å². The largest absolute Gasteiger partial charge is 0.573 e. The fourth-order valence-electron chi connectivity index (χ4n) is 6.02. The van der Waals surface area contributed by atoms with E-state index < -0.39 is 23.7 Å². The van der Waals surface area contributed by atoms with Crippen molar-refractivity contribution in [3.05, 3.63) is 76.6 Å². The van der Waals surface area contributed by atoms with E-state index >= 15 is 4.39 Å². The Kier molecular flexibility index (Phi) is 10.4. The van der Waals surface area contributed by atoms with Crippen LogP contribution in [-0.4, -0.2) is 6.36 Å². The molecule has 0 aliphatic heterocycles. The Morgan fingerprint density at radius 2 is 1.40 bits per heavy atom. The molecule has 3 aromatic rings. The summed E-state index contributed by atoms with van der Waals surface area (Å²) >= 11 is 0. The average Bonchev–Trinajstić information content (AvgIpc) is 2.92. The molecule has 1 fully saturated rings. The van der Waals surface area contributed by atoms with Gasteiger partial charge >= 0.3 is 6.36 Å². The predicted octanol–water partition coefficient (Wildman–Crippen LogP) is 10.7. The van der Waals surface area contributed by atoms with Crippen LogP contribution in [0.1, 0.15) is 87.8 Å². The molecule has 4 rings (SSSR count). The van der Waals surface area contributed by atoms with Crippen LogP contribution in [0, 0.1) is 29.3 Å². The van der Waals surface area contributed by atoms with E-state index in [0.717, 1.165) is 42.2 Å². The smallest absolute Gasteiger partial charge is 0.399 e. The summed E-state index contributed by atoms with van der Waals surface area (Å²) in [5.41, 5.74) is 1.68. The number of hydrogen-bond acceptors (Lipinski definition) is 1. The molecule has 0 radical (unpaired) electrons. The summed E-state index contributed by atoms with van der Waals surface area (Å²) < 4.78 is 83.8. The summed E-state index contributed by atoms with van der Waals surface area (Å²) in [6.07, 6.45) is 9.12. The number of benzene rings is 3. The fraction of sp³-hybridized carbons (Fsp3) is 0.515. The molecule has 0 bridgehead atoms. The van der Waals surface area contributed by atoms with Crippen LogP contribution in [0.5, 0.6) is 5.75 Å². The molecule has 0 N–H and O–H groups in total. The fourth-order valence-corrected chi connectivity index (χ4v) is 6.02. The first-order valence-corrected chi connectivity index (χ1v) is 14.6. The van der Waals surface area contributed by atoms with Crippen molar-refractivity contribution in [3.63, 3.8) is 0 Å². The lowest BCUT2D eigenvalue weighted by molar-refractivity contribution is -0.276. The van der Waals surface area contributed by atoms with E-state index in [4.69, 9.17) is 0 Å². The Morgan fingerprint density at radius 1 is 0.725 bits per heavy atom. The molecule has 40 heavy (non-hydrogen) atoms. The molecule has 0 unspecified atom stereocenters. The molecule has 0 heterocycles. The van der Waals surface area contributed by atoms with Crippen molar-refractivity contribution < 1.29 is 31.1 Å². The molecule has 7 heteroatoms. The van der Waals surface area contributed by atoms with E-state index in [2.05, 4.69) is 11.7 Å². The van der Waals surface area contributed by atoms with Crippen molar-refractivity contribution in [1.29, 1.82) is 0 Å².